The normalized spacial score (nSPS) is 17.2. The van der Waals surface area contributed by atoms with Crippen LogP contribution < -0.4 is 4.90 Å². The van der Waals surface area contributed by atoms with Gasteiger partial charge in [-0.15, -0.1) is 0 Å². The van der Waals surface area contributed by atoms with Gasteiger partial charge in [0.15, 0.2) is 0 Å². The molecule has 0 aliphatic heterocycles. The number of hydrogen-bond donors (Lipinski definition) is 0. The Morgan fingerprint density at radius 3 is 2.65 bits per heavy atom. The second kappa shape index (κ2) is 5.67. The summed E-state index contributed by atoms with van der Waals surface area (Å²) in [4.78, 5) is 6.33. The number of nitriles is 1. The number of anilines is 1. The van der Waals surface area contributed by atoms with Gasteiger partial charge in [0.1, 0.15) is 11.8 Å². The van der Waals surface area contributed by atoms with Crippen LogP contribution in [0.5, 0.6) is 0 Å². The predicted molar refractivity (Wildman–Crippen MR) is 68.8 cm³/mol. The summed E-state index contributed by atoms with van der Waals surface area (Å²) in [6.07, 6.45) is 9.63. The zero-order valence-corrected chi connectivity index (χ0v) is 10.4. The molecule has 1 aliphatic rings. The van der Waals surface area contributed by atoms with E-state index in [2.05, 4.69) is 23.0 Å². The molecule has 17 heavy (non-hydrogen) atoms. The van der Waals surface area contributed by atoms with Gasteiger partial charge in [0.2, 0.25) is 0 Å². The maximum absolute atomic E-state index is 8.87. The summed E-state index contributed by atoms with van der Waals surface area (Å²) in [5, 5.41) is 8.87. The summed E-state index contributed by atoms with van der Waals surface area (Å²) in [6.45, 7) is 0. The van der Waals surface area contributed by atoms with E-state index < -0.39 is 0 Å². The first-order valence-electron chi connectivity index (χ1n) is 6.40. The third kappa shape index (κ3) is 2.97. The Morgan fingerprint density at radius 1 is 1.29 bits per heavy atom. The van der Waals surface area contributed by atoms with Crippen molar-refractivity contribution in [3.63, 3.8) is 0 Å². The average Bonchev–Trinajstić information content (AvgIpc) is 2.67. The highest BCUT2D eigenvalue weighted by Gasteiger charge is 2.17. The first kappa shape index (κ1) is 11.9. The topological polar surface area (TPSA) is 39.9 Å². The van der Waals surface area contributed by atoms with Crippen molar-refractivity contribution >= 4 is 5.69 Å². The Bertz CT molecular complexity index is 400. The van der Waals surface area contributed by atoms with Crippen molar-refractivity contribution < 1.29 is 0 Å². The van der Waals surface area contributed by atoms with Crippen LogP contribution in [-0.4, -0.2) is 18.1 Å². The van der Waals surface area contributed by atoms with Gasteiger partial charge in [0.05, 0.1) is 0 Å². The molecule has 0 amide bonds. The fourth-order valence-corrected chi connectivity index (χ4v) is 2.56. The Balaban J connectivity index is 2.12. The van der Waals surface area contributed by atoms with Crippen LogP contribution in [0.25, 0.3) is 0 Å². The van der Waals surface area contributed by atoms with Gasteiger partial charge in [0, 0.05) is 25.0 Å². The molecule has 0 saturated heterocycles. The van der Waals surface area contributed by atoms with Crippen LogP contribution in [0.2, 0.25) is 0 Å². The third-order valence-electron chi connectivity index (χ3n) is 3.64. The zero-order valence-electron chi connectivity index (χ0n) is 10.4. The van der Waals surface area contributed by atoms with E-state index in [1.807, 2.05) is 12.1 Å². The summed E-state index contributed by atoms with van der Waals surface area (Å²) in [7, 11) is 2.13. The fourth-order valence-electron chi connectivity index (χ4n) is 2.56. The van der Waals surface area contributed by atoms with Crippen LogP contribution in [0, 0.1) is 11.3 Å². The van der Waals surface area contributed by atoms with Crippen LogP contribution in [-0.2, 0) is 0 Å². The molecule has 90 valence electrons. The molecule has 1 saturated carbocycles. The van der Waals surface area contributed by atoms with Crippen LogP contribution in [0.4, 0.5) is 5.69 Å². The molecular formula is C14H19N3. The SMILES string of the molecule is CN(c1ccnc(C#N)c1)C1CCCCCC1. The highest BCUT2D eigenvalue weighted by Crippen LogP contribution is 2.25. The molecule has 1 aliphatic carbocycles. The van der Waals surface area contributed by atoms with Crippen molar-refractivity contribution in [2.45, 2.75) is 44.6 Å². The van der Waals surface area contributed by atoms with Crippen molar-refractivity contribution in [2.24, 2.45) is 0 Å². The molecule has 0 radical (unpaired) electrons. The van der Waals surface area contributed by atoms with E-state index >= 15 is 0 Å². The van der Waals surface area contributed by atoms with E-state index in [1.165, 1.54) is 38.5 Å². The van der Waals surface area contributed by atoms with Gasteiger partial charge in [-0.2, -0.15) is 5.26 Å². The van der Waals surface area contributed by atoms with Crippen LogP contribution in [0.3, 0.4) is 0 Å². The van der Waals surface area contributed by atoms with E-state index in [9.17, 15) is 0 Å². The first-order chi connectivity index (χ1) is 8.31. The minimum atomic E-state index is 0.503. The Kier molecular flexibility index (Phi) is 3.98. The molecule has 0 atom stereocenters. The van der Waals surface area contributed by atoms with Crippen molar-refractivity contribution in [1.82, 2.24) is 4.98 Å². The molecule has 0 unspecified atom stereocenters. The number of rotatable bonds is 2. The molecule has 0 bridgehead atoms. The van der Waals surface area contributed by atoms with Crippen molar-refractivity contribution in [1.29, 1.82) is 5.26 Å². The molecule has 1 aromatic heterocycles. The molecule has 2 rings (SSSR count). The predicted octanol–water partition coefficient (Wildman–Crippen LogP) is 3.11. The molecule has 1 heterocycles. The van der Waals surface area contributed by atoms with Crippen LogP contribution >= 0.6 is 0 Å². The summed E-state index contributed by atoms with van der Waals surface area (Å²) in [5.74, 6) is 0. The lowest BCUT2D eigenvalue weighted by molar-refractivity contribution is 0.553. The fraction of sp³-hybridized carbons (Fsp3) is 0.571. The average molecular weight is 229 g/mol. The molecule has 1 fully saturated rings. The Morgan fingerprint density at radius 2 is 2.00 bits per heavy atom. The minimum Gasteiger partial charge on any atom is -0.371 e. The largest absolute Gasteiger partial charge is 0.371 e. The lowest BCUT2D eigenvalue weighted by Crippen LogP contribution is -2.31. The van der Waals surface area contributed by atoms with E-state index in [-0.39, 0.29) is 0 Å². The number of nitrogens with zero attached hydrogens (tertiary/aromatic N) is 3. The van der Waals surface area contributed by atoms with Crippen molar-refractivity contribution in [3.05, 3.63) is 24.0 Å². The quantitative estimate of drug-likeness (QED) is 0.731. The van der Waals surface area contributed by atoms with E-state index in [1.54, 1.807) is 6.20 Å². The molecule has 3 nitrogen and oxygen atoms in total. The summed E-state index contributed by atoms with van der Waals surface area (Å²) in [5.41, 5.74) is 1.62. The van der Waals surface area contributed by atoms with Gasteiger partial charge in [-0.25, -0.2) is 4.98 Å². The highest BCUT2D eigenvalue weighted by molar-refractivity contribution is 5.48. The smallest absolute Gasteiger partial charge is 0.142 e. The Labute approximate surface area is 103 Å². The van der Waals surface area contributed by atoms with E-state index in [0.717, 1.165) is 5.69 Å². The molecule has 1 aromatic rings. The summed E-state index contributed by atoms with van der Waals surface area (Å²) in [6, 6.07) is 6.59. The summed E-state index contributed by atoms with van der Waals surface area (Å²) >= 11 is 0. The molecule has 0 N–H and O–H groups in total. The van der Waals surface area contributed by atoms with Crippen LogP contribution in [0.1, 0.15) is 44.2 Å². The standard InChI is InChI=1S/C14H19N3/c1-17(13-6-4-2-3-5-7-13)14-8-9-16-12(10-14)11-15/h8-10,13H,2-7H2,1H3. The Hall–Kier alpha value is -1.56. The first-order valence-corrected chi connectivity index (χ1v) is 6.40. The van der Waals surface area contributed by atoms with Gasteiger partial charge in [-0.1, -0.05) is 25.7 Å². The molecule has 0 aromatic carbocycles. The van der Waals surface area contributed by atoms with Gasteiger partial charge in [-0.3, -0.25) is 0 Å². The van der Waals surface area contributed by atoms with Crippen molar-refractivity contribution in [2.75, 3.05) is 11.9 Å². The van der Waals surface area contributed by atoms with Gasteiger partial charge in [-0.05, 0) is 25.0 Å². The third-order valence-corrected chi connectivity index (χ3v) is 3.64. The molecule has 0 spiro atoms. The maximum Gasteiger partial charge on any atom is 0.142 e. The summed E-state index contributed by atoms with van der Waals surface area (Å²) < 4.78 is 0. The lowest BCUT2D eigenvalue weighted by Gasteiger charge is -2.29. The second-order valence-electron chi connectivity index (χ2n) is 4.77. The molecule has 3 heteroatoms. The van der Waals surface area contributed by atoms with Gasteiger partial charge < -0.3 is 4.90 Å². The van der Waals surface area contributed by atoms with E-state index in [4.69, 9.17) is 5.26 Å². The van der Waals surface area contributed by atoms with E-state index in [0.29, 0.717) is 11.7 Å². The monoisotopic (exact) mass is 229 g/mol. The minimum absolute atomic E-state index is 0.503. The molecular weight excluding hydrogens is 210 g/mol. The van der Waals surface area contributed by atoms with Gasteiger partial charge >= 0.3 is 0 Å². The van der Waals surface area contributed by atoms with Gasteiger partial charge in [0.25, 0.3) is 0 Å². The highest BCUT2D eigenvalue weighted by atomic mass is 15.1. The second-order valence-corrected chi connectivity index (χ2v) is 4.77. The van der Waals surface area contributed by atoms with Crippen molar-refractivity contribution in [3.8, 4) is 6.07 Å². The lowest BCUT2D eigenvalue weighted by atomic mass is 10.1. The maximum atomic E-state index is 8.87. The number of aromatic nitrogens is 1. The number of hydrogen-bond acceptors (Lipinski definition) is 3. The number of pyridine rings is 1. The zero-order chi connectivity index (χ0) is 12.1. The van der Waals surface area contributed by atoms with Crippen LogP contribution in [0.15, 0.2) is 18.3 Å².